The van der Waals surface area contributed by atoms with Crippen LogP contribution in [0, 0.1) is 31.6 Å². The lowest BCUT2D eigenvalue weighted by molar-refractivity contribution is -0.138. The highest BCUT2D eigenvalue weighted by atomic mass is 16.3. The molecular formula is C26H35NO5. The largest absolute Gasteiger partial charge is 0.507 e. The van der Waals surface area contributed by atoms with Crippen molar-refractivity contribution in [3.05, 3.63) is 45.5 Å². The van der Waals surface area contributed by atoms with Gasteiger partial charge in [-0.1, -0.05) is 24.1 Å². The van der Waals surface area contributed by atoms with Gasteiger partial charge in [-0.2, -0.15) is 0 Å². The Morgan fingerprint density at radius 3 is 2.38 bits per heavy atom. The highest BCUT2D eigenvalue weighted by molar-refractivity contribution is 6.05. The van der Waals surface area contributed by atoms with Crippen molar-refractivity contribution < 1.29 is 24.9 Å². The van der Waals surface area contributed by atoms with Gasteiger partial charge in [0.25, 0.3) is 0 Å². The summed E-state index contributed by atoms with van der Waals surface area (Å²) in [6, 6.07) is 3.90. The Morgan fingerprint density at radius 2 is 1.81 bits per heavy atom. The number of aliphatic hydroxyl groups excluding tert-OH is 2. The molecule has 6 heteroatoms. The van der Waals surface area contributed by atoms with Gasteiger partial charge in [0.15, 0.2) is 0 Å². The zero-order valence-electron chi connectivity index (χ0n) is 19.7. The summed E-state index contributed by atoms with van der Waals surface area (Å²) in [7, 11) is 1.49. The number of phenols is 1. The molecule has 2 aliphatic rings. The smallest absolute Gasteiger partial charge is 0.233 e. The van der Waals surface area contributed by atoms with E-state index in [-0.39, 0.29) is 18.4 Å². The Balaban J connectivity index is 1.79. The van der Waals surface area contributed by atoms with E-state index >= 15 is 0 Å². The minimum atomic E-state index is -0.778. The molecule has 174 valence electrons. The Labute approximate surface area is 190 Å². The van der Waals surface area contributed by atoms with Crippen molar-refractivity contribution in [2.24, 2.45) is 17.8 Å². The van der Waals surface area contributed by atoms with Gasteiger partial charge in [-0.15, -0.1) is 0 Å². The van der Waals surface area contributed by atoms with Crippen molar-refractivity contribution in [3.8, 4) is 5.75 Å². The van der Waals surface area contributed by atoms with Crippen molar-refractivity contribution >= 4 is 17.9 Å². The molecule has 1 saturated heterocycles. The van der Waals surface area contributed by atoms with E-state index in [1.165, 1.54) is 17.5 Å². The van der Waals surface area contributed by atoms with Crippen LogP contribution in [-0.2, 0) is 9.59 Å². The Bertz CT molecular complexity index is 953. The normalized spacial score (nSPS) is 24.9. The van der Waals surface area contributed by atoms with Crippen molar-refractivity contribution in [3.63, 3.8) is 0 Å². The molecule has 1 heterocycles. The van der Waals surface area contributed by atoms with E-state index in [1.807, 2.05) is 32.9 Å². The summed E-state index contributed by atoms with van der Waals surface area (Å²) in [4.78, 5) is 26.3. The molecule has 32 heavy (non-hydrogen) atoms. The quantitative estimate of drug-likeness (QED) is 0.444. The minimum Gasteiger partial charge on any atom is -0.507 e. The van der Waals surface area contributed by atoms with Gasteiger partial charge in [0, 0.05) is 13.0 Å². The number of phenolic OH excluding ortho intramolecular Hbond substituents is 1. The number of aliphatic hydroxyl groups is 2. The second-order valence-corrected chi connectivity index (χ2v) is 9.31. The van der Waals surface area contributed by atoms with Gasteiger partial charge in [-0.3, -0.25) is 14.5 Å². The lowest BCUT2D eigenvalue weighted by atomic mass is 9.68. The molecule has 1 aromatic rings. The summed E-state index contributed by atoms with van der Waals surface area (Å²) in [5.41, 5.74) is 5.48. The highest BCUT2D eigenvalue weighted by Gasteiger charge is 2.53. The predicted molar refractivity (Wildman–Crippen MR) is 124 cm³/mol. The molecule has 0 radical (unpaired) electrons. The molecule has 4 atom stereocenters. The second kappa shape index (κ2) is 9.59. The van der Waals surface area contributed by atoms with Crippen LogP contribution in [0.2, 0.25) is 0 Å². The fourth-order valence-corrected chi connectivity index (χ4v) is 5.41. The van der Waals surface area contributed by atoms with Gasteiger partial charge in [0.05, 0.1) is 24.5 Å². The fourth-order valence-electron chi connectivity index (χ4n) is 5.41. The zero-order valence-corrected chi connectivity index (χ0v) is 19.7. The summed E-state index contributed by atoms with van der Waals surface area (Å²) in [6.45, 7) is 7.46. The predicted octanol–water partition coefficient (Wildman–Crippen LogP) is 3.50. The maximum absolute atomic E-state index is 12.7. The highest BCUT2D eigenvalue weighted by Crippen LogP contribution is 2.45. The number of hydrogen-bond acceptors (Lipinski definition) is 5. The Morgan fingerprint density at radius 1 is 1.19 bits per heavy atom. The minimum absolute atomic E-state index is 0.193. The molecule has 1 aliphatic heterocycles. The number of allylic oxidation sites excluding steroid dienone is 2. The van der Waals surface area contributed by atoms with Gasteiger partial charge >= 0.3 is 0 Å². The number of aromatic hydroxyl groups is 1. The topological polar surface area (TPSA) is 98.1 Å². The number of fused-ring (bicyclic) bond motifs is 1. The number of imide groups is 1. The number of nitrogens with zero attached hydrogens (tertiary/aromatic N) is 1. The van der Waals surface area contributed by atoms with Crippen LogP contribution in [0.4, 0.5) is 0 Å². The maximum atomic E-state index is 12.7. The lowest BCUT2D eigenvalue weighted by Crippen LogP contribution is -2.38. The summed E-state index contributed by atoms with van der Waals surface area (Å²) >= 11 is 0. The average molecular weight is 442 g/mol. The van der Waals surface area contributed by atoms with Gasteiger partial charge in [0.2, 0.25) is 11.8 Å². The van der Waals surface area contributed by atoms with E-state index in [9.17, 15) is 24.9 Å². The molecule has 1 aliphatic carbocycles. The Hall–Kier alpha value is -2.44. The van der Waals surface area contributed by atoms with Crippen LogP contribution >= 0.6 is 0 Å². The van der Waals surface area contributed by atoms with E-state index in [4.69, 9.17) is 0 Å². The first kappa shape index (κ1) is 24.2. The molecule has 1 fully saturated rings. The van der Waals surface area contributed by atoms with Gasteiger partial charge in [-0.25, -0.2) is 0 Å². The number of hydrogen-bond donors (Lipinski definition) is 3. The van der Waals surface area contributed by atoms with Crippen molar-refractivity contribution in [1.82, 2.24) is 4.90 Å². The van der Waals surface area contributed by atoms with Crippen LogP contribution in [-0.4, -0.2) is 51.8 Å². The van der Waals surface area contributed by atoms with Crippen LogP contribution in [0.3, 0.4) is 0 Å². The first-order chi connectivity index (χ1) is 15.1. The SMILES string of the molecule is CC/C(=C\c1cc(C)c(O)c(C)c1)CC[C@@H](O)C1=C(C)C[C@H]2C(=O)N(C)C(=O)[C@H]2[C@H]1CO. The van der Waals surface area contributed by atoms with Crippen LogP contribution in [0.5, 0.6) is 5.75 Å². The molecule has 1 aromatic carbocycles. The van der Waals surface area contributed by atoms with E-state index < -0.39 is 23.9 Å². The summed E-state index contributed by atoms with van der Waals surface area (Å²) in [5, 5.41) is 31.2. The van der Waals surface area contributed by atoms with Gasteiger partial charge < -0.3 is 15.3 Å². The molecule has 0 saturated carbocycles. The van der Waals surface area contributed by atoms with Crippen molar-refractivity contribution in [2.75, 3.05) is 13.7 Å². The maximum Gasteiger partial charge on any atom is 0.233 e. The number of benzene rings is 1. The molecule has 0 aromatic heterocycles. The number of carbonyl (C=O) groups is 2. The molecule has 3 N–H and O–H groups in total. The summed E-state index contributed by atoms with van der Waals surface area (Å²) in [6.07, 6.45) is 3.75. The summed E-state index contributed by atoms with van der Waals surface area (Å²) in [5.74, 6) is -1.69. The fraction of sp³-hybridized carbons (Fsp3) is 0.538. The van der Waals surface area contributed by atoms with E-state index in [2.05, 4.69) is 13.0 Å². The Kier molecular flexibility index (Phi) is 7.25. The second-order valence-electron chi connectivity index (χ2n) is 9.31. The average Bonchev–Trinajstić information content (AvgIpc) is 2.97. The monoisotopic (exact) mass is 441 g/mol. The van der Waals surface area contributed by atoms with Crippen molar-refractivity contribution in [1.29, 1.82) is 0 Å². The molecule has 0 bridgehead atoms. The standard InChI is InChI=1S/C26H35NO5/c1-6-17(12-18-9-15(3)24(30)16(4)10-18)7-8-21(29)22-14(2)11-19-23(20(22)13-28)26(32)27(5)25(19)31/h9-10,12,19-21,23,28-30H,6-8,11,13H2,1-5H3/b17-12+/t19-,20+,21-,23-/m1/s1. The molecule has 6 nitrogen and oxygen atoms in total. The van der Waals surface area contributed by atoms with Gasteiger partial charge in [0.1, 0.15) is 5.75 Å². The third kappa shape index (κ3) is 4.39. The number of rotatable bonds is 7. The third-order valence-corrected chi connectivity index (χ3v) is 7.18. The van der Waals surface area contributed by atoms with Crippen LogP contribution in [0.1, 0.15) is 56.2 Å². The summed E-state index contributed by atoms with van der Waals surface area (Å²) < 4.78 is 0. The number of amides is 2. The van der Waals surface area contributed by atoms with E-state index in [1.54, 1.807) is 0 Å². The van der Waals surface area contributed by atoms with Gasteiger partial charge in [-0.05, 0) is 80.9 Å². The van der Waals surface area contributed by atoms with E-state index in [0.717, 1.165) is 34.3 Å². The molecule has 2 amide bonds. The molecular weight excluding hydrogens is 406 g/mol. The first-order valence-corrected chi connectivity index (χ1v) is 11.4. The third-order valence-electron chi connectivity index (χ3n) is 7.18. The van der Waals surface area contributed by atoms with Crippen LogP contribution in [0.15, 0.2) is 28.9 Å². The number of likely N-dealkylation sites (tertiary alicyclic amines) is 1. The van der Waals surface area contributed by atoms with Crippen LogP contribution < -0.4 is 0 Å². The van der Waals surface area contributed by atoms with E-state index in [0.29, 0.717) is 25.0 Å². The molecule has 0 spiro atoms. The number of aryl methyl sites for hydroxylation is 2. The van der Waals surface area contributed by atoms with Crippen molar-refractivity contribution in [2.45, 2.75) is 59.5 Å². The molecule has 0 unspecified atom stereocenters. The zero-order chi connectivity index (χ0) is 23.7. The first-order valence-electron chi connectivity index (χ1n) is 11.4. The molecule has 3 rings (SSSR count). The number of carbonyl (C=O) groups excluding carboxylic acids is 2. The lowest BCUT2D eigenvalue weighted by Gasteiger charge is -2.35. The van der Waals surface area contributed by atoms with Crippen LogP contribution in [0.25, 0.3) is 6.08 Å².